The first-order chi connectivity index (χ1) is 11.7. The number of benzene rings is 1. The highest BCUT2D eigenvalue weighted by Gasteiger charge is 2.20. The number of hydrogen-bond donors (Lipinski definition) is 1. The van der Waals surface area contributed by atoms with E-state index in [9.17, 15) is 4.39 Å². The second-order valence-corrected chi connectivity index (χ2v) is 5.83. The Morgan fingerprint density at radius 1 is 1.17 bits per heavy atom. The van der Waals surface area contributed by atoms with Crippen LogP contribution in [-0.4, -0.2) is 41.2 Å². The molecule has 0 aliphatic carbocycles. The number of piperazine rings is 1. The van der Waals surface area contributed by atoms with Crippen molar-refractivity contribution in [2.45, 2.75) is 13.2 Å². The summed E-state index contributed by atoms with van der Waals surface area (Å²) >= 11 is 0. The van der Waals surface area contributed by atoms with E-state index in [1.807, 2.05) is 17.0 Å². The van der Waals surface area contributed by atoms with Crippen molar-refractivity contribution < 1.29 is 9.50 Å². The van der Waals surface area contributed by atoms with Crippen LogP contribution in [0.3, 0.4) is 0 Å². The van der Waals surface area contributed by atoms with Gasteiger partial charge in [0.2, 0.25) is 0 Å². The molecule has 3 rings (SSSR count). The lowest BCUT2D eigenvalue weighted by Crippen LogP contribution is -2.46. The Balaban J connectivity index is 1.58. The van der Waals surface area contributed by atoms with Crippen LogP contribution in [0.2, 0.25) is 0 Å². The molecule has 2 aromatic rings. The molecule has 0 bridgehead atoms. The van der Waals surface area contributed by atoms with Gasteiger partial charge in [-0.15, -0.1) is 0 Å². The largest absolute Gasteiger partial charge is 0.392 e. The molecule has 124 valence electrons. The number of aromatic nitrogens is 1. The highest BCUT2D eigenvalue weighted by molar-refractivity contribution is 5.57. The number of hydrogen-bond acceptors (Lipinski definition) is 4. The summed E-state index contributed by atoms with van der Waals surface area (Å²) in [7, 11) is 0. The number of rotatable bonds is 4. The van der Waals surface area contributed by atoms with Gasteiger partial charge in [0.05, 0.1) is 24.6 Å². The molecule has 0 spiro atoms. The summed E-state index contributed by atoms with van der Waals surface area (Å²) in [6.07, 6.45) is 1.69. The lowest BCUT2D eigenvalue weighted by Gasteiger charge is -2.36. The zero-order valence-corrected chi connectivity index (χ0v) is 13.3. The number of halogens is 1. The number of aliphatic hydroxyl groups is 1. The molecule has 5 nitrogen and oxygen atoms in total. The topological polar surface area (TPSA) is 44.0 Å². The predicted molar refractivity (Wildman–Crippen MR) is 90.3 cm³/mol. The van der Waals surface area contributed by atoms with Crippen molar-refractivity contribution in [1.82, 2.24) is 9.88 Å². The maximum absolute atomic E-state index is 14.1. The summed E-state index contributed by atoms with van der Waals surface area (Å²) in [5.74, 6) is -0.335. The van der Waals surface area contributed by atoms with Gasteiger partial charge in [0.1, 0.15) is 5.82 Å². The summed E-state index contributed by atoms with van der Waals surface area (Å²) in [4.78, 5) is 11.9. The molecule has 0 atom stereocenters. The van der Waals surface area contributed by atoms with Gasteiger partial charge in [0.15, 0.2) is 5.69 Å². The van der Waals surface area contributed by atoms with Gasteiger partial charge < -0.3 is 10.0 Å². The van der Waals surface area contributed by atoms with Crippen LogP contribution in [0.25, 0.3) is 4.85 Å². The molecule has 1 fully saturated rings. The zero-order chi connectivity index (χ0) is 16.9. The maximum Gasteiger partial charge on any atom is 0.190 e. The van der Waals surface area contributed by atoms with E-state index in [1.54, 1.807) is 18.3 Å². The monoisotopic (exact) mass is 326 g/mol. The van der Waals surface area contributed by atoms with E-state index in [0.717, 1.165) is 44.0 Å². The minimum atomic E-state index is -0.335. The van der Waals surface area contributed by atoms with Crippen molar-refractivity contribution in [2.75, 3.05) is 31.1 Å². The predicted octanol–water partition coefficient (Wildman–Crippen LogP) is 2.59. The molecule has 0 saturated carbocycles. The number of nitrogens with zero attached hydrogens (tertiary/aromatic N) is 4. The van der Waals surface area contributed by atoms with Crippen molar-refractivity contribution in [3.63, 3.8) is 0 Å². The lowest BCUT2D eigenvalue weighted by atomic mass is 10.2. The molecule has 2 heterocycles. The molecule has 1 aliphatic heterocycles. The summed E-state index contributed by atoms with van der Waals surface area (Å²) in [5, 5.41) is 9.04. The van der Waals surface area contributed by atoms with Gasteiger partial charge in [-0.05, 0) is 23.8 Å². The smallest absolute Gasteiger partial charge is 0.190 e. The molecule has 0 radical (unpaired) electrons. The van der Waals surface area contributed by atoms with Gasteiger partial charge in [0.25, 0.3) is 0 Å². The van der Waals surface area contributed by atoms with Crippen molar-refractivity contribution in [3.05, 3.63) is 65.0 Å². The Morgan fingerprint density at radius 2 is 1.96 bits per heavy atom. The van der Waals surface area contributed by atoms with E-state index >= 15 is 0 Å². The van der Waals surface area contributed by atoms with Crippen LogP contribution in [0.1, 0.15) is 11.3 Å². The Kier molecular flexibility index (Phi) is 5.04. The molecule has 1 N–H and O–H groups in total. The van der Waals surface area contributed by atoms with Crippen molar-refractivity contribution in [3.8, 4) is 0 Å². The summed E-state index contributed by atoms with van der Waals surface area (Å²) in [5.41, 5.74) is 2.66. The molecule has 0 amide bonds. The fourth-order valence-electron chi connectivity index (χ4n) is 2.84. The first-order valence-corrected chi connectivity index (χ1v) is 7.88. The fourth-order valence-corrected chi connectivity index (χ4v) is 2.84. The Bertz CT molecular complexity index is 734. The minimum Gasteiger partial charge on any atom is -0.392 e. The summed E-state index contributed by atoms with van der Waals surface area (Å²) in [6, 6.07) is 8.45. The van der Waals surface area contributed by atoms with Crippen molar-refractivity contribution in [1.29, 1.82) is 0 Å². The Labute approximate surface area is 140 Å². The minimum absolute atomic E-state index is 0.00378. The van der Waals surface area contributed by atoms with Gasteiger partial charge in [0, 0.05) is 38.9 Å². The van der Waals surface area contributed by atoms with E-state index in [4.69, 9.17) is 11.7 Å². The average Bonchev–Trinajstić information content (AvgIpc) is 2.63. The standard InChI is InChI=1S/C18H19FN4O/c1-20-15-4-5-18(17(19)10-15)23-8-6-22(7-9-23)12-16-3-2-14(13-24)11-21-16/h2-5,10-11,24H,6-9,12-13H2. The molecule has 24 heavy (non-hydrogen) atoms. The van der Waals surface area contributed by atoms with E-state index in [-0.39, 0.29) is 12.4 Å². The van der Waals surface area contributed by atoms with E-state index in [0.29, 0.717) is 11.4 Å². The van der Waals surface area contributed by atoms with Crippen LogP contribution in [0.15, 0.2) is 36.5 Å². The SMILES string of the molecule is [C-]#[N+]c1ccc(N2CCN(Cc3ccc(CO)cn3)CC2)c(F)c1. The van der Waals surface area contributed by atoms with Gasteiger partial charge in [-0.1, -0.05) is 12.1 Å². The maximum atomic E-state index is 14.1. The van der Waals surface area contributed by atoms with E-state index in [1.165, 1.54) is 6.07 Å². The highest BCUT2D eigenvalue weighted by atomic mass is 19.1. The molecule has 1 saturated heterocycles. The molecular formula is C18H19FN4O. The zero-order valence-electron chi connectivity index (χ0n) is 13.3. The quantitative estimate of drug-likeness (QED) is 0.877. The summed E-state index contributed by atoms with van der Waals surface area (Å²) in [6.45, 7) is 10.8. The number of anilines is 1. The average molecular weight is 326 g/mol. The van der Waals surface area contributed by atoms with Crippen molar-refractivity contribution in [2.24, 2.45) is 0 Å². The van der Waals surface area contributed by atoms with Gasteiger partial charge in [-0.3, -0.25) is 9.88 Å². The molecule has 1 aromatic carbocycles. The van der Waals surface area contributed by atoms with Gasteiger partial charge in [-0.2, -0.15) is 0 Å². The van der Waals surface area contributed by atoms with Gasteiger partial charge in [-0.25, -0.2) is 9.24 Å². The molecule has 1 aliphatic rings. The van der Waals surface area contributed by atoms with Crippen LogP contribution < -0.4 is 4.90 Å². The highest BCUT2D eigenvalue weighted by Crippen LogP contribution is 2.25. The van der Waals surface area contributed by atoms with E-state index in [2.05, 4.69) is 14.7 Å². The van der Waals surface area contributed by atoms with Crippen LogP contribution in [0, 0.1) is 12.4 Å². The van der Waals surface area contributed by atoms with Crippen LogP contribution >= 0.6 is 0 Å². The first-order valence-electron chi connectivity index (χ1n) is 7.88. The normalized spacial score (nSPS) is 15.3. The third kappa shape index (κ3) is 3.70. The fraction of sp³-hybridized carbons (Fsp3) is 0.333. The number of pyridine rings is 1. The number of aliphatic hydroxyl groups excluding tert-OH is 1. The lowest BCUT2D eigenvalue weighted by molar-refractivity contribution is 0.246. The Hall–Kier alpha value is -2.49. The van der Waals surface area contributed by atoms with Crippen LogP contribution in [0.4, 0.5) is 15.8 Å². The molecule has 6 heteroatoms. The first kappa shape index (κ1) is 16.4. The molecule has 1 aromatic heterocycles. The second kappa shape index (κ2) is 7.39. The third-order valence-corrected chi connectivity index (χ3v) is 4.23. The third-order valence-electron chi connectivity index (χ3n) is 4.23. The molecular weight excluding hydrogens is 307 g/mol. The van der Waals surface area contributed by atoms with Gasteiger partial charge >= 0.3 is 0 Å². The second-order valence-electron chi connectivity index (χ2n) is 5.83. The van der Waals surface area contributed by atoms with E-state index < -0.39 is 0 Å². The van der Waals surface area contributed by atoms with Crippen LogP contribution in [0.5, 0.6) is 0 Å². The van der Waals surface area contributed by atoms with Crippen LogP contribution in [-0.2, 0) is 13.2 Å². The molecule has 0 unspecified atom stereocenters. The van der Waals surface area contributed by atoms with Crippen molar-refractivity contribution >= 4 is 11.4 Å². The summed E-state index contributed by atoms with van der Waals surface area (Å²) < 4.78 is 14.1. The Morgan fingerprint density at radius 3 is 2.54 bits per heavy atom.